The van der Waals surface area contributed by atoms with E-state index in [1.54, 1.807) is 0 Å². The second-order valence-electron chi connectivity index (χ2n) is 10.4. The Labute approximate surface area is 193 Å². The van der Waals surface area contributed by atoms with Gasteiger partial charge < -0.3 is 20.9 Å². The normalized spacial score (nSPS) is 30.0. The fourth-order valence-corrected chi connectivity index (χ4v) is 6.64. The van der Waals surface area contributed by atoms with Gasteiger partial charge in [-0.05, 0) is 61.3 Å². The van der Waals surface area contributed by atoms with Crippen molar-refractivity contribution in [3.63, 3.8) is 0 Å². The van der Waals surface area contributed by atoms with Crippen LogP contribution in [0.15, 0.2) is 54.7 Å². The highest BCUT2D eigenvalue weighted by atomic mass is 16.2. The monoisotopic (exact) mass is 442 g/mol. The lowest BCUT2D eigenvalue weighted by atomic mass is 9.51. The number of carbonyl (C=O) groups is 2. The number of carbonyl (C=O) groups excluding carboxylic acids is 2. The van der Waals surface area contributed by atoms with Crippen LogP contribution in [0.2, 0.25) is 0 Å². The summed E-state index contributed by atoms with van der Waals surface area (Å²) in [5, 5.41) is 11.4. The summed E-state index contributed by atoms with van der Waals surface area (Å²) in [5.74, 6) is 0.348. The second kappa shape index (κ2) is 7.37. The van der Waals surface area contributed by atoms with Crippen molar-refractivity contribution < 1.29 is 9.59 Å². The lowest BCUT2D eigenvalue weighted by molar-refractivity contribution is -0.139. The fraction of sp³-hybridized carbons (Fsp3) is 0.407. The minimum atomic E-state index is -0.459. The van der Waals surface area contributed by atoms with Crippen molar-refractivity contribution in [1.82, 2.24) is 15.6 Å². The van der Waals surface area contributed by atoms with Gasteiger partial charge in [-0.15, -0.1) is 0 Å². The van der Waals surface area contributed by atoms with E-state index in [4.69, 9.17) is 0 Å². The van der Waals surface area contributed by atoms with Crippen LogP contribution < -0.4 is 16.0 Å². The number of aromatic nitrogens is 1. The van der Waals surface area contributed by atoms with Crippen molar-refractivity contribution in [3.8, 4) is 0 Å². The van der Waals surface area contributed by atoms with Gasteiger partial charge >= 0.3 is 0 Å². The molecule has 0 radical (unpaired) electrons. The van der Waals surface area contributed by atoms with Crippen LogP contribution in [0.5, 0.6) is 0 Å². The summed E-state index contributed by atoms with van der Waals surface area (Å²) in [6.45, 7) is 2.85. The first-order valence-corrected chi connectivity index (χ1v) is 12.0. The van der Waals surface area contributed by atoms with Gasteiger partial charge in [0.2, 0.25) is 5.91 Å². The van der Waals surface area contributed by atoms with E-state index in [9.17, 15) is 9.59 Å². The van der Waals surface area contributed by atoms with Crippen LogP contribution >= 0.6 is 0 Å². The van der Waals surface area contributed by atoms with Crippen LogP contribution in [0, 0.1) is 17.3 Å². The molecule has 33 heavy (non-hydrogen) atoms. The number of H-pyrrole nitrogens is 1. The topological polar surface area (TPSA) is 86.0 Å². The van der Waals surface area contributed by atoms with Gasteiger partial charge in [-0.1, -0.05) is 37.3 Å². The Hall–Kier alpha value is -3.28. The molecule has 1 aliphatic heterocycles. The van der Waals surface area contributed by atoms with Crippen LogP contribution in [0.1, 0.15) is 48.5 Å². The number of nitrogens with one attached hydrogen (secondary N) is 4. The Balaban J connectivity index is 1.15. The molecule has 3 saturated carbocycles. The molecule has 3 aliphatic carbocycles. The van der Waals surface area contributed by atoms with Gasteiger partial charge in [0.15, 0.2) is 0 Å². The minimum Gasteiger partial charge on any atom is -0.362 e. The maximum Gasteiger partial charge on any atom is 0.255 e. The van der Waals surface area contributed by atoms with Gasteiger partial charge in [0, 0.05) is 41.2 Å². The van der Waals surface area contributed by atoms with Crippen LogP contribution in [0.4, 0.5) is 5.69 Å². The van der Waals surface area contributed by atoms with Gasteiger partial charge in [-0.3, -0.25) is 9.59 Å². The summed E-state index contributed by atoms with van der Waals surface area (Å²) in [4.78, 5) is 29.5. The highest BCUT2D eigenvalue weighted by molar-refractivity contribution is 6.02. The highest BCUT2D eigenvalue weighted by Gasteiger charge is 2.60. The summed E-state index contributed by atoms with van der Waals surface area (Å²) in [6.07, 6.45) is 6.45. The molecule has 2 heterocycles. The molecule has 3 fully saturated rings. The molecule has 4 atom stereocenters. The Bertz CT molecular complexity index is 1250. The number of anilines is 1. The predicted octanol–water partition coefficient (Wildman–Crippen LogP) is 4.20. The number of hydrogen-bond acceptors (Lipinski definition) is 3. The number of amides is 2. The molecule has 6 nitrogen and oxygen atoms in total. The first-order chi connectivity index (χ1) is 16.0. The van der Waals surface area contributed by atoms with Crippen LogP contribution in [0.3, 0.4) is 0 Å². The van der Waals surface area contributed by atoms with Gasteiger partial charge in [-0.2, -0.15) is 0 Å². The van der Waals surface area contributed by atoms with Crippen molar-refractivity contribution in [2.75, 3.05) is 11.9 Å². The average Bonchev–Trinajstić information content (AvgIpc) is 3.22. The molecule has 2 bridgehead atoms. The molecule has 3 aromatic rings. The lowest BCUT2D eigenvalue weighted by Gasteiger charge is -2.60. The van der Waals surface area contributed by atoms with Crippen molar-refractivity contribution >= 4 is 28.4 Å². The Kier molecular flexibility index (Phi) is 4.54. The highest BCUT2D eigenvalue weighted by Crippen LogP contribution is 2.58. The number of benzene rings is 2. The number of hydrogen-bond donors (Lipinski definition) is 4. The predicted molar refractivity (Wildman–Crippen MR) is 129 cm³/mol. The second-order valence-corrected chi connectivity index (χ2v) is 10.4. The van der Waals surface area contributed by atoms with Crippen LogP contribution in [0.25, 0.3) is 10.9 Å². The quantitative estimate of drug-likeness (QED) is 0.488. The Morgan fingerprint density at radius 2 is 1.94 bits per heavy atom. The zero-order valence-corrected chi connectivity index (χ0v) is 18.9. The fourth-order valence-electron chi connectivity index (χ4n) is 6.64. The molecule has 0 unspecified atom stereocenters. The third-order valence-corrected chi connectivity index (χ3v) is 8.36. The number of aromatic amines is 1. The zero-order chi connectivity index (χ0) is 22.6. The maximum atomic E-state index is 13.3. The van der Waals surface area contributed by atoms with E-state index in [-0.39, 0.29) is 29.1 Å². The van der Waals surface area contributed by atoms with E-state index in [0.29, 0.717) is 12.1 Å². The SMILES string of the molecule is C[C@@]12CC[C@@H](C[C@@H]1C(=O)NCCc1c[nH]c3ccccc13)[C@]1(C2)NC(=O)c2ccccc2N1. The van der Waals surface area contributed by atoms with Crippen LogP contribution in [-0.2, 0) is 11.2 Å². The van der Waals surface area contributed by atoms with Crippen molar-refractivity contribution in [2.24, 2.45) is 17.3 Å². The van der Waals surface area contributed by atoms with Gasteiger partial charge in [0.1, 0.15) is 5.66 Å². The van der Waals surface area contributed by atoms with Crippen molar-refractivity contribution in [1.29, 1.82) is 0 Å². The van der Waals surface area contributed by atoms with Crippen molar-refractivity contribution in [2.45, 2.75) is 44.7 Å². The standard InChI is InChI=1S/C27H30N4O2/c1-26-12-10-18(27(16-26)30-23-9-5-3-7-20(23)24(32)31-27)14-21(26)25(33)28-13-11-17-15-29-22-8-4-2-6-19(17)22/h2-9,15,18,21,29-30H,10-14,16H2,1H3,(H,28,33)(H,31,32)/t18-,21+,26-,27-/m0/s1. The van der Waals surface area contributed by atoms with E-state index >= 15 is 0 Å². The third-order valence-electron chi connectivity index (χ3n) is 8.36. The van der Waals surface area contributed by atoms with E-state index in [0.717, 1.165) is 43.3 Å². The number of para-hydroxylation sites is 2. The molecular weight excluding hydrogens is 412 g/mol. The summed E-state index contributed by atoms with van der Waals surface area (Å²) in [7, 11) is 0. The molecule has 6 heteroatoms. The van der Waals surface area contributed by atoms with E-state index < -0.39 is 5.66 Å². The van der Waals surface area contributed by atoms with E-state index in [1.165, 1.54) is 10.9 Å². The average molecular weight is 443 g/mol. The Morgan fingerprint density at radius 3 is 2.82 bits per heavy atom. The van der Waals surface area contributed by atoms with Crippen LogP contribution in [-0.4, -0.2) is 29.0 Å². The first-order valence-electron chi connectivity index (χ1n) is 12.0. The minimum absolute atomic E-state index is 0.0137. The largest absolute Gasteiger partial charge is 0.362 e. The van der Waals surface area contributed by atoms with Gasteiger partial charge in [0.25, 0.3) is 5.91 Å². The molecule has 170 valence electrons. The third kappa shape index (κ3) is 3.23. The van der Waals surface area contributed by atoms with Crippen molar-refractivity contribution in [3.05, 3.63) is 65.9 Å². The zero-order valence-electron chi connectivity index (χ0n) is 18.9. The summed E-state index contributed by atoms with van der Waals surface area (Å²) in [6, 6.07) is 16.0. The number of fused-ring (bicyclic) bond motifs is 4. The molecule has 0 saturated heterocycles. The summed E-state index contributed by atoms with van der Waals surface area (Å²) in [5.41, 5.74) is 3.35. The molecule has 4 N–H and O–H groups in total. The molecular formula is C27H30N4O2. The molecule has 2 amide bonds. The van der Waals surface area contributed by atoms with E-state index in [2.05, 4.69) is 40.0 Å². The molecule has 1 aromatic heterocycles. The first kappa shape index (κ1) is 20.3. The lowest BCUT2D eigenvalue weighted by Crippen LogP contribution is -2.70. The smallest absolute Gasteiger partial charge is 0.255 e. The van der Waals surface area contributed by atoms with Gasteiger partial charge in [-0.25, -0.2) is 0 Å². The maximum absolute atomic E-state index is 13.3. The molecule has 7 rings (SSSR count). The summed E-state index contributed by atoms with van der Waals surface area (Å²) >= 11 is 0. The number of rotatable bonds is 4. The Morgan fingerprint density at radius 1 is 1.12 bits per heavy atom. The summed E-state index contributed by atoms with van der Waals surface area (Å²) < 4.78 is 0. The molecule has 1 spiro atoms. The molecule has 4 aliphatic rings. The molecule has 2 aromatic carbocycles. The van der Waals surface area contributed by atoms with E-state index in [1.807, 2.05) is 42.6 Å². The van der Waals surface area contributed by atoms with Gasteiger partial charge in [0.05, 0.1) is 5.56 Å².